The van der Waals surface area contributed by atoms with Gasteiger partial charge in [-0.05, 0) is 44.2 Å². The van der Waals surface area contributed by atoms with E-state index in [0.717, 1.165) is 12.1 Å². The van der Waals surface area contributed by atoms with Gasteiger partial charge in [0, 0.05) is 29.4 Å². The number of esters is 1. The summed E-state index contributed by atoms with van der Waals surface area (Å²) in [5, 5.41) is 22.0. The van der Waals surface area contributed by atoms with Gasteiger partial charge in [-0.1, -0.05) is 0 Å². The van der Waals surface area contributed by atoms with Crippen LogP contribution in [-0.4, -0.2) is 40.2 Å². The molecule has 31 heavy (non-hydrogen) atoms. The number of nitro groups is 1. The Morgan fingerprint density at radius 2 is 2.03 bits per heavy atom. The topological polar surface area (TPSA) is 112 Å². The number of aliphatic hydroxyl groups is 1. The highest BCUT2D eigenvalue weighted by Gasteiger charge is 2.54. The summed E-state index contributed by atoms with van der Waals surface area (Å²) in [6.45, 7) is 3.12. The number of halogens is 2. The minimum Gasteiger partial charge on any atom is -0.459 e. The molecule has 3 rings (SSSR count). The van der Waals surface area contributed by atoms with Gasteiger partial charge in [0.05, 0.1) is 17.9 Å². The smallest absolute Gasteiger partial charge is 0.303 e. The van der Waals surface area contributed by atoms with Crippen LogP contribution in [0, 0.1) is 21.7 Å². The summed E-state index contributed by atoms with van der Waals surface area (Å²) in [7, 11) is 0. The molecule has 2 aromatic rings. The van der Waals surface area contributed by atoms with E-state index in [2.05, 4.69) is 4.98 Å². The molecule has 1 aliphatic rings. The molecule has 8 nitrogen and oxygen atoms in total. The zero-order valence-corrected chi connectivity index (χ0v) is 17.2. The molecule has 1 aromatic carbocycles. The van der Waals surface area contributed by atoms with Crippen LogP contribution in [-0.2, 0) is 25.5 Å². The van der Waals surface area contributed by atoms with Crippen molar-refractivity contribution >= 4 is 5.97 Å². The van der Waals surface area contributed by atoms with Crippen molar-refractivity contribution in [2.24, 2.45) is 0 Å². The first-order valence-corrected chi connectivity index (χ1v) is 9.57. The molecule has 1 saturated heterocycles. The normalized spacial score (nSPS) is 21.2. The second-order valence-electron chi connectivity index (χ2n) is 7.90. The first-order valence-electron chi connectivity index (χ1n) is 9.57. The van der Waals surface area contributed by atoms with Crippen LogP contribution in [0.1, 0.15) is 38.4 Å². The van der Waals surface area contributed by atoms with Crippen LogP contribution in [0.5, 0.6) is 0 Å². The minimum absolute atomic E-state index is 0.0502. The predicted octanol–water partition coefficient (Wildman–Crippen LogP) is 3.08. The van der Waals surface area contributed by atoms with E-state index < -0.39 is 46.4 Å². The Hall–Kier alpha value is -2.98. The number of rotatable bonds is 6. The SMILES string of the molecule is CC(=O)OC1CCOC1(C[N+](=O)[O-])c1cc(C(C)(C)O)c(F)c(-c2ccc(F)cc2)n1. The van der Waals surface area contributed by atoms with Gasteiger partial charge in [-0.3, -0.25) is 14.9 Å². The standard InChI is InChI=1S/C21H22F2N2O6/c1-12(26)31-17-8-9-30-21(17,11-25(28)29)16-10-15(20(2,3)27)18(23)19(24-16)13-4-6-14(22)7-5-13/h4-7,10,17,27H,8-9,11H2,1-3H3. The molecule has 0 radical (unpaired) electrons. The quantitative estimate of drug-likeness (QED) is 0.421. The molecule has 0 bridgehead atoms. The average molecular weight is 436 g/mol. The van der Waals surface area contributed by atoms with Gasteiger partial charge in [-0.15, -0.1) is 0 Å². The fourth-order valence-corrected chi connectivity index (χ4v) is 3.68. The monoisotopic (exact) mass is 436 g/mol. The van der Waals surface area contributed by atoms with Crippen molar-refractivity contribution in [3.8, 4) is 11.3 Å². The van der Waals surface area contributed by atoms with E-state index in [9.17, 15) is 24.4 Å². The number of pyridine rings is 1. The molecule has 0 saturated carbocycles. The highest BCUT2D eigenvalue weighted by molar-refractivity contribution is 5.66. The molecular formula is C21H22F2N2O6. The molecule has 1 aromatic heterocycles. The van der Waals surface area contributed by atoms with E-state index in [4.69, 9.17) is 9.47 Å². The lowest BCUT2D eigenvalue weighted by molar-refractivity contribution is -0.505. The maximum atomic E-state index is 15.3. The summed E-state index contributed by atoms with van der Waals surface area (Å²) in [4.78, 5) is 26.8. The van der Waals surface area contributed by atoms with Crippen LogP contribution >= 0.6 is 0 Å². The molecule has 1 fully saturated rings. The van der Waals surface area contributed by atoms with Crippen LogP contribution in [0.25, 0.3) is 11.3 Å². The molecule has 2 heterocycles. The number of ether oxygens (including phenoxy) is 2. The zero-order chi connectivity index (χ0) is 23.0. The molecule has 1 aliphatic heterocycles. The molecule has 166 valence electrons. The van der Waals surface area contributed by atoms with E-state index in [-0.39, 0.29) is 35.5 Å². The Bertz CT molecular complexity index is 1010. The fraction of sp³-hybridized carbons (Fsp3) is 0.429. The second-order valence-corrected chi connectivity index (χ2v) is 7.90. The van der Waals surface area contributed by atoms with Crippen LogP contribution in [0.2, 0.25) is 0 Å². The molecule has 10 heteroatoms. The van der Waals surface area contributed by atoms with Gasteiger partial charge in [-0.25, -0.2) is 13.8 Å². The first kappa shape index (κ1) is 22.7. The summed E-state index contributed by atoms with van der Waals surface area (Å²) in [6, 6.07) is 6.03. The highest BCUT2D eigenvalue weighted by Crippen LogP contribution is 2.41. The van der Waals surface area contributed by atoms with Crippen molar-refractivity contribution in [1.29, 1.82) is 0 Å². The molecule has 0 spiro atoms. The van der Waals surface area contributed by atoms with Gasteiger partial charge < -0.3 is 14.6 Å². The Morgan fingerprint density at radius 3 is 2.58 bits per heavy atom. The number of carbonyl (C=O) groups excluding carboxylic acids is 1. The fourth-order valence-electron chi connectivity index (χ4n) is 3.68. The number of carbonyl (C=O) groups is 1. The molecule has 0 amide bonds. The van der Waals surface area contributed by atoms with E-state index in [1.165, 1.54) is 39.0 Å². The van der Waals surface area contributed by atoms with Crippen molar-refractivity contribution in [3.05, 3.63) is 63.3 Å². The third kappa shape index (κ3) is 4.54. The Labute approximate surface area is 177 Å². The van der Waals surface area contributed by atoms with E-state index in [0.29, 0.717) is 0 Å². The first-order chi connectivity index (χ1) is 14.4. The Balaban J connectivity index is 2.28. The van der Waals surface area contributed by atoms with Crippen molar-refractivity contribution in [2.75, 3.05) is 13.2 Å². The van der Waals surface area contributed by atoms with Crippen molar-refractivity contribution in [2.45, 2.75) is 44.5 Å². The molecule has 1 N–H and O–H groups in total. The number of hydrogen-bond donors (Lipinski definition) is 1. The molecular weight excluding hydrogens is 414 g/mol. The number of hydrogen-bond acceptors (Lipinski definition) is 7. The van der Waals surface area contributed by atoms with Crippen molar-refractivity contribution < 1.29 is 33.1 Å². The summed E-state index contributed by atoms with van der Waals surface area (Å²) in [5.74, 6) is -2.06. The summed E-state index contributed by atoms with van der Waals surface area (Å²) >= 11 is 0. The summed E-state index contributed by atoms with van der Waals surface area (Å²) in [6.07, 6.45) is -0.861. The van der Waals surface area contributed by atoms with Gasteiger partial charge >= 0.3 is 5.97 Å². The lowest BCUT2D eigenvalue weighted by Crippen LogP contribution is -2.46. The summed E-state index contributed by atoms with van der Waals surface area (Å²) in [5.41, 5.74) is -3.75. The number of benzene rings is 1. The van der Waals surface area contributed by atoms with Crippen LogP contribution in [0.15, 0.2) is 30.3 Å². The van der Waals surface area contributed by atoms with E-state index in [1.54, 1.807) is 0 Å². The molecule has 0 aliphatic carbocycles. The predicted molar refractivity (Wildman–Crippen MR) is 104 cm³/mol. The Morgan fingerprint density at radius 1 is 1.39 bits per heavy atom. The number of aromatic nitrogens is 1. The minimum atomic E-state index is -1.78. The lowest BCUT2D eigenvalue weighted by atomic mass is 9.87. The average Bonchev–Trinajstić information content (AvgIpc) is 3.03. The van der Waals surface area contributed by atoms with Gasteiger partial charge in [0.2, 0.25) is 12.1 Å². The lowest BCUT2D eigenvalue weighted by Gasteiger charge is -2.31. The van der Waals surface area contributed by atoms with Gasteiger partial charge in [0.15, 0.2) is 5.82 Å². The van der Waals surface area contributed by atoms with Crippen LogP contribution in [0.3, 0.4) is 0 Å². The van der Waals surface area contributed by atoms with E-state index in [1.807, 2.05) is 0 Å². The molecule has 2 unspecified atom stereocenters. The maximum Gasteiger partial charge on any atom is 0.303 e. The maximum absolute atomic E-state index is 15.3. The third-order valence-corrected chi connectivity index (χ3v) is 5.10. The molecule has 2 atom stereocenters. The Kier molecular flexibility index (Phi) is 6.06. The van der Waals surface area contributed by atoms with Gasteiger partial charge in [0.1, 0.15) is 17.6 Å². The second kappa shape index (κ2) is 8.27. The van der Waals surface area contributed by atoms with Gasteiger partial charge in [0.25, 0.3) is 0 Å². The van der Waals surface area contributed by atoms with Crippen LogP contribution in [0.4, 0.5) is 8.78 Å². The third-order valence-electron chi connectivity index (χ3n) is 5.10. The largest absolute Gasteiger partial charge is 0.459 e. The number of nitrogens with zero attached hydrogens (tertiary/aromatic N) is 2. The van der Waals surface area contributed by atoms with Crippen molar-refractivity contribution in [1.82, 2.24) is 4.98 Å². The summed E-state index contributed by atoms with van der Waals surface area (Å²) < 4.78 is 39.7. The highest BCUT2D eigenvalue weighted by atomic mass is 19.1. The van der Waals surface area contributed by atoms with Gasteiger partial charge in [-0.2, -0.15) is 0 Å². The van der Waals surface area contributed by atoms with E-state index >= 15 is 4.39 Å². The zero-order valence-electron chi connectivity index (χ0n) is 17.2. The van der Waals surface area contributed by atoms with Crippen molar-refractivity contribution in [3.63, 3.8) is 0 Å². The van der Waals surface area contributed by atoms with Crippen LogP contribution < -0.4 is 0 Å².